The van der Waals surface area contributed by atoms with Crippen molar-refractivity contribution in [2.45, 2.75) is 6.92 Å². The summed E-state index contributed by atoms with van der Waals surface area (Å²) in [6.07, 6.45) is 0. The molecule has 2 aromatic rings. The Morgan fingerprint density at radius 1 is 1.19 bits per heavy atom. The topological polar surface area (TPSA) is 69.6 Å². The molecule has 0 bridgehead atoms. The molecule has 0 atom stereocenters. The van der Waals surface area contributed by atoms with Crippen molar-refractivity contribution in [2.24, 2.45) is 0 Å². The van der Waals surface area contributed by atoms with Crippen molar-refractivity contribution < 1.29 is 23.6 Å². The molecule has 2 aromatic carbocycles. The molecule has 0 aromatic heterocycles. The predicted molar refractivity (Wildman–Crippen MR) is 75.3 cm³/mol. The van der Waals surface area contributed by atoms with E-state index in [0.717, 1.165) is 12.1 Å². The lowest BCUT2D eigenvalue weighted by Crippen LogP contribution is -2.34. The van der Waals surface area contributed by atoms with Crippen LogP contribution in [-0.4, -0.2) is 23.1 Å². The smallest absolute Gasteiger partial charge is 0.423 e. The van der Waals surface area contributed by atoms with Crippen molar-refractivity contribution in [3.8, 4) is 0 Å². The standard InChI is InChI=1S/C14H12BF2NO3/c1-8-5-6-9(7-12(8)16)18-14(19)10-3-2-4-11(13(10)17)15(20)21/h2-7,20-21H,1H3,(H,18,19). The number of carbonyl (C=O) groups excluding carboxylic acids is 1. The molecule has 0 saturated heterocycles. The monoisotopic (exact) mass is 291 g/mol. The molecule has 0 saturated carbocycles. The number of carbonyl (C=O) groups is 1. The molecule has 7 heteroatoms. The van der Waals surface area contributed by atoms with Gasteiger partial charge >= 0.3 is 7.12 Å². The maximum atomic E-state index is 14.0. The van der Waals surface area contributed by atoms with Gasteiger partial charge in [-0.25, -0.2) is 8.78 Å². The summed E-state index contributed by atoms with van der Waals surface area (Å²) in [6.45, 7) is 1.58. The van der Waals surface area contributed by atoms with E-state index >= 15 is 0 Å². The van der Waals surface area contributed by atoms with E-state index in [0.29, 0.717) is 5.56 Å². The summed E-state index contributed by atoms with van der Waals surface area (Å²) < 4.78 is 27.4. The lowest BCUT2D eigenvalue weighted by Gasteiger charge is -2.09. The molecule has 0 fully saturated rings. The van der Waals surface area contributed by atoms with Gasteiger partial charge in [-0.15, -0.1) is 0 Å². The third kappa shape index (κ3) is 3.26. The number of halogens is 2. The maximum Gasteiger partial charge on any atom is 0.491 e. The zero-order valence-corrected chi connectivity index (χ0v) is 11.1. The third-order valence-corrected chi connectivity index (χ3v) is 2.98. The van der Waals surface area contributed by atoms with E-state index in [1.54, 1.807) is 6.92 Å². The zero-order chi connectivity index (χ0) is 15.6. The average Bonchev–Trinajstić information content (AvgIpc) is 2.42. The minimum atomic E-state index is -2.02. The first-order chi connectivity index (χ1) is 9.90. The van der Waals surface area contributed by atoms with E-state index in [1.165, 1.54) is 24.3 Å². The molecule has 1 amide bonds. The Morgan fingerprint density at radius 3 is 2.52 bits per heavy atom. The van der Waals surface area contributed by atoms with Crippen molar-refractivity contribution in [2.75, 3.05) is 5.32 Å². The highest BCUT2D eigenvalue weighted by atomic mass is 19.1. The Morgan fingerprint density at radius 2 is 1.90 bits per heavy atom. The van der Waals surface area contributed by atoms with Gasteiger partial charge in [0.25, 0.3) is 5.91 Å². The van der Waals surface area contributed by atoms with Crippen LogP contribution in [0.25, 0.3) is 0 Å². The minimum Gasteiger partial charge on any atom is -0.423 e. The molecular weight excluding hydrogens is 279 g/mol. The molecule has 0 heterocycles. The van der Waals surface area contributed by atoms with Gasteiger partial charge in [0.15, 0.2) is 0 Å². The van der Waals surface area contributed by atoms with Crippen molar-refractivity contribution in [1.29, 1.82) is 0 Å². The highest BCUT2D eigenvalue weighted by Gasteiger charge is 2.21. The summed E-state index contributed by atoms with van der Waals surface area (Å²) >= 11 is 0. The molecule has 108 valence electrons. The van der Waals surface area contributed by atoms with Crippen LogP contribution in [0.5, 0.6) is 0 Å². The first kappa shape index (κ1) is 15.1. The molecule has 0 radical (unpaired) electrons. The van der Waals surface area contributed by atoms with Crippen LogP contribution in [-0.2, 0) is 0 Å². The van der Waals surface area contributed by atoms with Crippen molar-refractivity contribution in [3.05, 3.63) is 59.2 Å². The van der Waals surface area contributed by atoms with E-state index in [9.17, 15) is 13.6 Å². The Balaban J connectivity index is 2.28. The number of nitrogens with one attached hydrogen (secondary N) is 1. The van der Waals surface area contributed by atoms with Gasteiger partial charge < -0.3 is 15.4 Å². The Bertz CT molecular complexity index is 692. The van der Waals surface area contributed by atoms with Gasteiger partial charge in [0.05, 0.1) is 5.56 Å². The summed E-state index contributed by atoms with van der Waals surface area (Å²) in [5.41, 5.74) is -0.165. The zero-order valence-electron chi connectivity index (χ0n) is 11.1. The fraction of sp³-hybridized carbons (Fsp3) is 0.0714. The lowest BCUT2D eigenvalue weighted by atomic mass is 9.79. The Kier molecular flexibility index (Phi) is 4.35. The predicted octanol–water partition coefficient (Wildman–Crippen LogP) is 1.21. The third-order valence-electron chi connectivity index (χ3n) is 2.98. The number of amides is 1. The fourth-order valence-electron chi connectivity index (χ4n) is 1.79. The van der Waals surface area contributed by atoms with Crippen molar-refractivity contribution in [1.82, 2.24) is 0 Å². The van der Waals surface area contributed by atoms with E-state index in [2.05, 4.69) is 5.32 Å². The molecule has 3 N–H and O–H groups in total. The maximum absolute atomic E-state index is 14.0. The van der Waals surface area contributed by atoms with E-state index in [1.807, 2.05) is 0 Å². The van der Waals surface area contributed by atoms with Crippen LogP contribution in [0.2, 0.25) is 0 Å². The largest absolute Gasteiger partial charge is 0.491 e. The second kappa shape index (κ2) is 6.03. The van der Waals surface area contributed by atoms with Gasteiger partial charge in [0, 0.05) is 11.2 Å². The lowest BCUT2D eigenvalue weighted by molar-refractivity contribution is 0.102. The van der Waals surface area contributed by atoms with Crippen LogP contribution in [0.15, 0.2) is 36.4 Å². The van der Waals surface area contributed by atoms with Crippen molar-refractivity contribution >= 4 is 24.2 Å². The molecule has 0 unspecified atom stereocenters. The second-order valence-electron chi connectivity index (χ2n) is 4.50. The van der Waals surface area contributed by atoms with Crippen LogP contribution in [0.4, 0.5) is 14.5 Å². The number of benzene rings is 2. The molecular formula is C14H12BF2NO3. The van der Waals surface area contributed by atoms with Crippen LogP contribution in [0.1, 0.15) is 15.9 Å². The van der Waals surface area contributed by atoms with Gasteiger partial charge in [-0.2, -0.15) is 0 Å². The van der Waals surface area contributed by atoms with Gasteiger partial charge in [0.1, 0.15) is 11.6 Å². The summed E-state index contributed by atoms with van der Waals surface area (Å²) in [5, 5.41) is 20.4. The van der Waals surface area contributed by atoms with Gasteiger partial charge in [0.2, 0.25) is 0 Å². The van der Waals surface area contributed by atoms with Crippen LogP contribution >= 0.6 is 0 Å². The number of rotatable bonds is 3. The number of aryl methyl sites for hydroxylation is 1. The number of anilines is 1. The first-order valence-electron chi connectivity index (χ1n) is 6.12. The number of hydrogen-bond donors (Lipinski definition) is 3. The summed E-state index contributed by atoms with van der Waals surface area (Å²) in [4.78, 5) is 12.0. The Labute approximate surface area is 120 Å². The molecule has 0 aliphatic heterocycles. The van der Waals surface area contributed by atoms with E-state index < -0.39 is 30.1 Å². The van der Waals surface area contributed by atoms with Gasteiger partial charge in [-0.1, -0.05) is 18.2 Å². The van der Waals surface area contributed by atoms with Gasteiger partial charge in [-0.3, -0.25) is 4.79 Å². The fourth-order valence-corrected chi connectivity index (χ4v) is 1.79. The normalized spacial score (nSPS) is 10.3. The second-order valence-corrected chi connectivity index (χ2v) is 4.50. The van der Waals surface area contributed by atoms with Gasteiger partial charge in [-0.05, 0) is 30.7 Å². The molecule has 0 spiro atoms. The summed E-state index contributed by atoms with van der Waals surface area (Å²) in [5.74, 6) is -2.33. The van der Waals surface area contributed by atoms with Crippen LogP contribution in [0.3, 0.4) is 0 Å². The van der Waals surface area contributed by atoms with Crippen LogP contribution < -0.4 is 10.8 Å². The molecule has 21 heavy (non-hydrogen) atoms. The summed E-state index contributed by atoms with van der Waals surface area (Å²) in [6, 6.07) is 7.76. The van der Waals surface area contributed by atoms with Crippen LogP contribution in [0, 0.1) is 18.6 Å². The molecule has 4 nitrogen and oxygen atoms in total. The first-order valence-corrected chi connectivity index (χ1v) is 6.12. The average molecular weight is 291 g/mol. The Hall–Kier alpha value is -2.25. The quantitative estimate of drug-likeness (QED) is 0.744. The van der Waals surface area contributed by atoms with E-state index in [-0.39, 0.29) is 11.3 Å². The molecule has 0 aliphatic carbocycles. The van der Waals surface area contributed by atoms with E-state index in [4.69, 9.17) is 10.0 Å². The molecule has 0 aliphatic rings. The highest BCUT2D eigenvalue weighted by molar-refractivity contribution is 6.58. The number of hydrogen-bond acceptors (Lipinski definition) is 3. The SMILES string of the molecule is Cc1ccc(NC(=O)c2cccc(B(O)O)c2F)cc1F. The molecule has 2 rings (SSSR count). The summed E-state index contributed by atoms with van der Waals surface area (Å²) in [7, 11) is -2.02. The highest BCUT2D eigenvalue weighted by Crippen LogP contribution is 2.15. The minimum absolute atomic E-state index is 0.178. The van der Waals surface area contributed by atoms with Crippen molar-refractivity contribution in [3.63, 3.8) is 0 Å².